The Hall–Kier alpha value is -1.53. The van der Waals surface area contributed by atoms with E-state index in [-0.39, 0.29) is 0 Å². The first kappa shape index (κ1) is 12.9. The van der Waals surface area contributed by atoms with Crippen LogP contribution in [0.25, 0.3) is 0 Å². The van der Waals surface area contributed by atoms with Crippen molar-refractivity contribution in [1.82, 2.24) is 14.9 Å². The lowest BCUT2D eigenvalue weighted by molar-refractivity contribution is 0.0323. The van der Waals surface area contributed by atoms with E-state index >= 15 is 0 Å². The normalized spacial score (nSPS) is 17.1. The smallest absolute Gasteiger partial charge is 0.118 e. The third-order valence-corrected chi connectivity index (χ3v) is 2.67. The van der Waals surface area contributed by atoms with Gasteiger partial charge in [-0.05, 0) is 6.42 Å². The summed E-state index contributed by atoms with van der Waals surface area (Å²) in [5.74, 6) is 0. The lowest BCUT2D eigenvalue weighted by Gasteiger charge is -2.26. The molecule has 0 unspecified atom stereocenters. The van der Waals surface area contributed by atoms with Crippen molar-refractivity contribution >= 4 is 6.21 Å². The molecular weight excluding hydrogens is 232 g/mol. The molecule has 1 saturated heterocycles. The lowest BCUT2D eigenvalue weighted by Crippen LogP contribution is -2.37. The van der Waals surface area contributed by atoms with Gasteiger partial charge in [-0.25, -0.2) is 9.97 Å². The highest BCUT2D eigenvalue weighted by Gasteiger charge is 2.08. The average molecular weight is 250 g/mol. The first-order valence-electron chi connectivity index (χ1n) is 6.15. The summed E-state index contributed by atoms with van der Waals surface area (Å²) in [4.78, 5) is 15.3. The van der Waals surface area contributed by atoms with Gasteiger partial charge < -0.3 is 9.57 Å². The predicted octanol–water partition coefficient (Wildman–Crippen LogP) is 0.549. The molecule has 0 N–H and O–H groups in total. The molecule has 6 nitrogen and oxygen atoms in total. The molecule has 1 aromatic heterocycles. The molecular formula is C12H18N4O2. The second kappa shape index (κ2) is 7.73. The summed E-state index contributed by atoms with van der Waals surface area (Å²) in [6.07, 6.45) is 7.46. The Balaban J connectivity index is 1.54. The van der Waals surface area contributed by atoms with Gasteiger partial charge in [0.15, 0.2) is 0 Å². The maximum absolute atomic E-state index is 5.29. The molecule has 0 atom stereocenters. The Morgan fingerprint density at radius 3 is 2.89 bits per heavy atom. The van der Waals surface area contributed by atoms with Gasteiger partial charge in [0.1, 0.15) is 12.9 Å². The zero-order valence-corrected chi connectivity index (χ0v) is 10.4. The highest BCUT2D eigenvalue weighted by molar-refractivity contribution is 5.77. The monoisotopic (exact) mass is 250 g/mol. The van der Waals surface area contributed by atoms with Gasteiger partial charge in [0.25, 0.3) is 0 Å². The van der Waals surface area contributed by atoms with E-state index in [9.17, 15) is 0 Å². The maximum Gasteiger partial charge on any atom is 0.118 e. The Kier molecular flexibility index (Phi) is 5.55. The number of rotatable bonds is 6. The molecule has 0 aliphatic carbocycles. The fourth-order valence-corrected chi connectivity index (χ4v) is 1.71. The number of morpholine rings is 1. The quantitative estimate of drug-likeness (QED) is 0.419. The van der Waals surface area contributed by atoms with E-state index in [1.54, 1.807) is 18.6 Å². The van der Waals surface area contributed by atoms with Crippen LogP contribution < -0.4 is 0 Å². The summed E-state index contributed by atoms with van der Waals surface area (Å²) in [6.45, 7) is 5.38. The lowest BCUT2D eigenvalue weighted by atomic mass is 10.3. The van der Waals surface area contributed by atoms with Gasteiger partial charge in [0, 0.05) is 37.6 Å². The van der Waals surface area contributed by atoms with E-state index < -0.39 is 0 Å². The van der Waals surface area contributed by atoms with Crippen LogP contribution in [0.4, 0.5) is 0 Å². The number of ether oxygens (including phenoxy) is 1. The van der Waals surface area contributed by atoms with Gasteiger partial charge in [-0.15, -0.1) is 0 Å². The molecule has 2 heterocycles. The number of nitrogens with zero attached hydrogens (tertiary/aromatic N) is 4. The summed E-state index contributed by atoms with van der Waals surface area (Å²) >= 11 is 0. The van der Waals surface area contributed by atoms with Crippen molar-refractivity contribution in [3.8, 4) is 0 Å². The minimum atomic E-state index is 0.627. The van der Waals surface area contributed by atoms with Crippen LogP contribution >= 0.6 is 0 Å². The van der Waals surface area contributed by atoms with Crippen molar-refractivity contribution in [2.45, 2.75) is 6.42 Å². The zero-order valence-electron chi connectivity index (χ0n) is 10.4. The van der Waals surface area contributed by atoms with Crippen LogP contribution in [-0.4, -0.2) is 60.5 Å². The molecule has 0 saturated carbocycles. The fraction of sp³-hybridized carbons (Fsp3) is 0.583. The van der Waals surface area contributed by atoms with Gasteiger partial charge in [-0.1, -0.05) is 5.16 Å². The molecule has 0 bridgehead atoms. The third-order valence-electron chi connectivity index (χ3n) is 2.67. The van der Waals surface area contributed by atoms with Crippen molar-refractivity contribution in [1.29, 1.82) is 0 Å². The average Bonchev–Trinajstić information content (AvgIpc) is 2.45. The van der Waals surface area contributed by atoms with E-state index in [0.29, 0.717) is 6.61 Å². The van der Waals surface area contributed by atoms with E-state index in [1.165, 1.54) is 6.33 Å². The maximum atomic E-state index is 5.29. The topological polar surface area (TPSA) is 59.8 Å². The molecule has 18 heavy (non-hydrogen) atoms. The van der Waals surface area contributed by atoms with E-state index in [2.05, 4.69) is 20.0 Å². The SMILES string of the molecule is C(=NOCCCN1CCOCC1)c1cncnc1. The zero-order chi connectivity index (χ0) is 12.5. The Morgan fingerprint density at radius 1 is 1.33 bits per heavy atom. The molecule has 0 amide bonds. The standard InChI is InChI=1S/C12H18N4O2/c1(2-16-3-6-17-7-4-16)5-18-15-10-12-8-13-11-14-9-12/h8-11H,1-7H2. The van der Waals surface area contributed by atoms with Crippen LogP contribution in [0, 0.1) is 0 Å². The molecule has 1 aromatic rings. The van der Waals surface area contributed by atoms with Gasteiger partial charge in [0.05, 0.1) is 19.4 Å². The molecule has 1 aliphatic rings. The van der Waals surface area contributed by atoms with Gasteiger partial charge in [-0.3, -0.25) is 4.90 Å². The van der Waals surface area contributed by atoms with Crippen molar-refractivity contribution in [2.24, 2.45) is 5.16 Å². The molecule has 0 aromatic carbocycles. The number of hydrogen-bond acceptors (Lipinski definition) is 6. The molecule has 1 aliphatic heterocycles. The van der Waals surface area contributed by atoms with E-state index in [0.717, 1.165) is 44.8 Å². The second-order valence-electron chi connectivity index (χ2n) is 4.05. The Labute approximate surface area is 107 Å². The van der Waals surface area contributed by atoms with Gasteiger partial charge in [0.2, 0.25) is 0 Å². The summed E-state index contributed by atoms with van der Waals surface area (Å²) in [5, 5.41) is 3.88. The van der Waals surface area contributed by atoms with Crippen molar-refractivity contribution < 1.29 is 9.57 Å². The molecule has 1 fully saturated rings. The van der Waals surface area contributed by atoms with E-state index in [4.69, 9.17) is 9.57 Å². The van der Waals surface area contributed by atoms with Crippen LogP contribution in [0.5, 0.6) is 0 Å². The summed E-state index contributed by atoms with van der Waals surface area (Å²) in [7, 11) is 0. The van der Waals surface area contributed by atoms with Crippen molar-refractivity contribution in [2.75, 3.05) is 39.5 Å². The van der Waals surface area contributed by atoms with E-state index in [1.807, 2.05) is 0 Å². The van der Waals surface area contributed by atoms with Crippen molar-refractivity contribution in [3.05, 3.63) is 24.3 Å². The Bertz CT molecular complexity index is 352. The largest absolute Gasteiger partial charge is 0.396 e. The summed E-state index contributed by atoms with van der Waals surface area (Å²) < 4.78 is 5.29. The minimum Gasteiger partial charge on any atom is -0.396 e. The minimum absolute atomic E-state index is 0.627. The summed E-state index contributed by atoms with van der Waals surface area (Å²) in [5.41, 5.74) is 0.839. The van der Waals surface area contributed by atoms with Crippen molar-refractivity contribution in [3.63, 3.8) is 0 Å². The highest BCUT2D eigenvalue weighted by Crippen LogP contribution is 1.98. The second-order valence-corrected chi connectivity index (χ2v) is 4.05. The van der Waals surface area contributed by atoms with Gasteiger partial charge in [-0.2, -0.15) is 0 Å². The molecule has 0 radical (unpaired) electrons. The summed E-state index contributed by atoms with van der Waals surface area (Å²) in [6, 6.07) is 0. The van der Waals surface area contributed by atoms with Crippen LogP contribution in [0.1, 0.15) is 12.0 Å². The van der Waals surface area contributed by atoms with Gasteiger partial charge >= 0.3 is 0 Å². The molecule has 0 spiro atoms. The molecule has 6 heteroatoms. The first-order chi connectivity index (χ1) is 8.95. The Morgan fingerprint density at radius 2 is 2.11 bits per heavy atom. The molecule has 98 valence electrons. The highest BCUT2D eigenvalue weighted by atomic mass is 16.6. The van der Waals surface area contributed by atoms with Crippen LogP contribution in [0.2, 0.25) is 0 Å². The number of aromatic nitrogens is 2. The number of hydrogen-bond donors (Lipinski definition) is 0. The first-order valence-corrected chi connectivity index (χ1v) is 6.15. The fourth-order valence-electron chi connectivity index (χ4n) is 1.71. The predicted molar refractivity (Wildman–Crippen MR) is 67.5 cm³/mol. The van der Waals surface area contributed by atoms with Crippen LogP contribution in [0.15, 0.2) is 23.9 Å². The van der Waals surface area contributed by atoms with Crippen LogP contribution in [0.3, 0.4) is 0 Å². The molecule has 2 rings (SSSR count). The third kappa shape index (κ3) is 4.77. The van der Waals surface area contributed by atoms with Crippen LogP contribution in [-0.2, 0) is 9.57 Å². The number of oxime groups is 1.